The highest BCUT2D eigenvalue weighted by Crippen LogP contribution is 2.45. The Morgan fingerprint density at radius 3 is 2.43 bits per heavy atom. The maximum absolute atomic E-state index is 12.8. The normalized spacial score (nSPS) is 24.8. The smallest absolute Gasteiger partial charge is 0.409 e. The number of hydrogen-bond donors (Lipinski definition) is 1. The maximum Gasteiger partial charge on any atom is 0.409 e. The van der Waals surface area contributed by atoms with Gasteiger partial charge in [0.25, 0.3) is 0 Å². The summed E-state index contributed by atoms with van der Waals surface area (Å²) in [6, 6.07) is 16.6. The lowest BCUT2D eigenvalue weighted by Crippen LogP contribution is -2.33. The predicted octanol–water partition coefficient (Wildman–Crippen LogP) is 3.89. The van der Waals surface area contributed by atoms with Crippen molar-refractivity contribution in [1.29, 1.82) is 0 Å². The van der Waals surface area contributed by atoms with Gasteiger partial charge in [0.05, 0.1) is 19.1 Å². The van der Waals surface area contributed by atoms with Crippen LogP contribution >= 0.6 is 0 Å². The van der Waals surface area contributed by atoms with Crippen LogP contribution in [0.3, 0.4) is 0 Å². The second-order valence-electron chi connectivity index (χ2n) is 8.71. The number of amides is 1. The molecule has 0 saturated carbocycles. The monoisotopic (exact) mass is 407 g/mol. The zero-order chi connectivity index (χ0) is 20.7. The lowest BCUT2D eigenvalue weighted by Gasteiger charge is -2.23. The fraction of sp³-hybridized carbons (Fsp3) is 0.417. The SMILES string of the molecule is O=C(O)C[C@@H]1C[C@@]2(CCN(C(=O)OCC3c4ccccc4-c4ccccc43)C2)CO1. The Labute approximate surface area is 175 Å². The summed E-state index contributed by atoms with van der Waals surface area (Å²) >= 11 is 0. The quantitative estimate of drug-likeness (QED) is 0.832. The van der Waals surface area contributed by atoms with Crippen molar-refractivity contribution in [3.05, 3.63) is 59.7 Å². The van der Waals surface area contributed by atoms with Gasteiger partial charge in [-0.2, -0.15) is 0 Å². The van der Waals surface area contributed by atoms with E-state index in [4.69, 9.17) is 14.6 Å². The van der Waals surface area contributed by atoms with Crippen molar-refractivity contribution >= 4 is 12.1 Å². The number of benzene rings is 2. The molecule has 2 aromatic rings. The van der Waals surface area contributed by atoms with Crippen LogP contribution < -0.4 is 0 Å². The first-order valence-corrected chi connectivity index (χ1v) is 10.5. The summed E-state index contributed by atoms with van der Waals surface area (Å²) in [5, 5.41) is 8.99. The van der Waals surface area contributed by atoms with E-state index in [0.29, 0.717) is 32.7 Å². The average Bonchev–Trinajstić information content (AvgIpc) is 3.43. The number of carbonyl (C=O) groups excluding carboxylic acids is 1. The van der Waals surface area contributed by atoms with Gasteiger partial charge >= 0.3 is 12.1 Å². The Bertz CT molecular complexity index is 944. The van der Waals surface area contributed by atoms with Gasteiger partial charge in [0.2, 0.25) is 0 Å². The zero-order valence-electron chi connectivity index (χ0n) is 16.8. The van der Waals surface area contributed by atoms with Crippen molar-refractivity contribution in [2.24, 2.45) is 5.41 Å². The molecule has 2 saturated heterocycles. The van der Waals surface area contributed by atoms with E-state index in [9.17, 15) is 9.59 Å². The standard InChI is InChI=1S/C24H25NO5/c26-22(27)11-16-12-24(15-30-16)9-10-25(14-24)23(28)29-13-21-19-7-3-1-5-17(19)18-6-2-4-8-20(18)21/h1-8,16,21H,9-15H2,(H,26,27)/t16-,24-/m1/s1. The Kier molecular flexibility index (Phi) is 4.74. The first-order chi connectivity index (χ1) is 14.5. The number of nitrogens with zero attached hydrogens (tertiary/aromatic N) is 1. The Hall–Kier alpha value is -2.86. The fourth-order valence-corrected chi connectivity index (χ4v) is 5.28. The molecule has 1 amide bonds. The summed E-state index contributed by atoms with van der Waals surface area (Å²) in [7, 11) is 0. The van der Waals surface area contributed by atoms with Gasteiger partial charge in [-0.3, -0.25) is 4.79 Å². The van der Waals surface area contributed by atoms with Crippen LogP contribution in [0.15, 0.2) is 48.5 Å². The van der Waals surface area contributed by atoms with E-state index < -0.39 is 5.97 Å². The number of ether oxygens (including phenoxy) is 2. The lowest BCUT2D eigenvalue weighted by molar-refractivity contribution is -0.139. The predicted molar refractivity (Wildman–Crippen MR) is 110 cm³/mol. The van der Waals surface area contributed by atoms with Crippen LogP contribution in [0, 0.1) is 5.41 Å². The minimum atomic E-state index is -0.844. The van der Waals surface area contributed by atoms with Crippen LogP contribution in [0.2, 0.25) is 0 Å². The molecule has 6 nitrogen and oxygen atoms in total. The van der Waals surface area contributed by atoms with Crippen molar-refractivity contribution in [2.45, 2.75) is 31.3 Å². The highest BCUT2D eigenvalue weighted by molar-refractivity contribution is 5.79. The molecule has 1 N–H and O–H groups in total. The molecular formula is C24H25NO5. The molecule has 2 aliphatic heterocycles. The molecule has 2 atom stereocenters. The topological polar surface area (TPSA) is 76.1 Å². The van der Waals surface area contributed by atoms with E-state index in [1.54, 1.807) is 4.90 Å². The van der Waals surface area contributed by atoms with Crippen LogP contribution in [0.4, 0.5) is 4.79 Å². The van der Waals surface area contributed by atoms with Crippen LogP contribution in [-0.4, -0.2) is 54.5 Å². The number of fused-ring (bicyclic) bond motifs is 3. The van der Waals surface area contributed by atoms with Gasteiger partial charge in [-0.05, 0) is 35.1 Å². The highest BCUT2D eigenvalue weighted by atomic mass is 16.6. The van der Waals surface area contributed by atoms with Gasteiger partial charge in [-0.25, -0.2) is 4.79 Å². The molecule has 2 aromatic carbocycles. The first kappa shape index (κ1) is 19.1. The lowest BCUT2D eigenvalue weighted by atomic mass is 9.84. The van der Waals surface area contributed by atoms with Crippen molar-refractivity contribution < 1.29 is 24.2 Å². The number of likely N-dealkylation sites (tertiary alicyclic amines) is 1. The summed E-state index contributed by atoms with van der Waals surface area (Å²) in [4.78, 5) is 25.5. The third kappa shape index (κ3) is 3.35. The van der Waals surface area contributed by atoms with E-state index >= 15 is 0 Å². The highest BCUT2D eigenvalue weighted by Gasteiger charge is 2.47. The minimum absolute atomic E-state index is 0.0205. The van der Waals surface area contributed by atoms with Crippen LogP contribution in [0.1, 0.15) is 36.3 Å². The third-order valence-corrected chi connectivity index (χ3v) is 6.72. The van der Waals surface area contributed by atoms with E-state index in [0.717, 1.165) is 6.42 Å². The summed E-state index contributed by atoms with van der Waals surface area (Å²) in [5.41, 5.74) is 4.69. The van der Waals surface area contributed by atoms with Crippen molar-refractivity contribution in [2.75, 3.05) is 26.3 Å². The molecule has 0 bridgehead atoms. The first-order valence-electron chi connectivity index (χ1n) is 10.5. The molecule has 30 heavy (non-hydrogen) atoms. The number of carboxylic acid groups (broad SMARTS) is 1. The van der Waals surface area contributed by atoms with Gasteiger partial charge in [-0.15, -0.1) is 0 Å². The molecule has 2 heterocycles. The van der Waals surface area contributed by atoms with E-state index in [1.165, 1.54) is 22.3 Å². The largest absolute Gasteiger partial charge is 0.481 e. The molecule has 1 aliphatic carbocycles. The molecule has 0 aromatic heterocycles. The fourth-order valence-electron chi connectivity index (χ4n) is 5.28. The Morgan fingerprint density at radius 1 is 1.10 bits per heavy atom. The molecule has 6 heteroatoms. The number of rotatable bonds is 4. The van der Waals surface area contributed by atoms with Gasteiger partial charge in [0.15, 0.2) is 0 Å². The average molecular weight is 407 g/mol. The second kappa shape index (κ2) is 7.43. The molecule has 2 fully saturated rings. The summed E-state index contributed by atoms with van der Waals surface area (Å²) < 4.78 is 11.5. The number of carboxylic acids is 1. The number of aliphatic carboxylic acids is 1. The van der Waals surface area contributed by atoms with E-state index in [1.807, 2.05) is 24.3 Å². The van der Waals surface area contributed by atoms with Crippen LogP contribution in [-0.2, 0) is 14.3 Å². The summed E-state index contributed by atoms with van der Waals surface area (Å²) in [6.45, 7) is 2.02. The Balaban J connectivity index is 1.23. The molecule has 3 aliphatic rings. The zero-order valence-corrected chi connectivity index (χ0v) is 16.8. The van der Waals surface area contributed by atoms with Crippen molar-refractivity contribution in [1.82, 2.24) is 4.90 Å². The Morgan fingerprint density at radius 2 is 1.77 bits per heavy atom. The molecule has 0 unspecified atom stereocenters. The van der Waals surface area contributed by atoms with Gasteiger partial charge in [0, 0.05) is 24.4 Å². The van der Waals surface area contributed by atoms with Crippen molar-refractivity contribution in [3.8, 4) is 11.1 Å². The molecule has 5 rings (SSSR count). The second-order valence-corrected chi connectivity index (χ2v) is 8.71. The minimum Gasteiger partial charge on any atom is -0.481 e. The van der Waals surface area contributed by atoms with Gasteiger partial charge in [0.1, 0.15) is 6.61 Å². The van der Waals surface area contributed by atoms with E-state index in [-0.39, 0.29) is 30.0 Å². The van der Waals surface area contributed by atoms with Crippen LogP contribution in [0.5, 0.6) is 0 Å². The van der Waals surface area contributed by atoms with Gasteiger partial charge < -0.3 is 19.5 Å². The summed E-state index contributed by atoms with van der Waals surface area (Å²) in [6.07, 6.45) is 0.979. The maximum atomic E-state index is 12.8. The van der Waals surface area contributed by atoms with Gasteiger partial charge in [-0.1, -0.05) is 48.5 Å². The van der Waals surface area contributed by atoms with Crippen LogP contribution in [0.25, 0.3) is 11.1 Å². The number of hydrogen-bond acceptors (Lipinski definition) is 4. The third-order valence-electron chi connectivity index (χ3n) is 6.72. The summed E-state index contributed by atoms with van der Waals surface area (Å²) in [5.74, 6) is -0.795. The van der Waals surface area contributed by atoms with Crippen molar-refractivity contribution in [3.63, 3.8) is 0 Å². The molecule has 1 spiro atoms. The molecular weight excluding hydrogens is 382 g/mol. The number of carbonyl (C=O) groups is 2. The molecule has 0 radical (unpaired) electrons. The molecule has 156 valence electrons. The van der Waals surface area contributed by atoms with E-state index in [2.05, 4.69) is 24.3 Å².